The zero-order valence-electron chi connectivity index (χ0n) is 11.6. The van der Waals surface area contributed by atoms with Crippen LogP contribution in [0.25, 0.3) is 5.69 Å². The molecular weight excluding hydrogens is 267 g/mol. The Bertz CT molecular complexity index is 721. The number of aryl methyl sites for hydroxylation is 1. The minimum Gasteiger partial charge on any atom is -0.381 e. The molecule has 0 bridgehead atoms. The fourth-order valence-corrected chi connectivity index (χ4v) is 2.11. The Hall–Kier alpha value is -2.69. The summed E-state index contributed by atoms with van der Waals surface area (Å²) < 4.78 is 15.3. The van der Waals surface area contributed by atoms with Gasteiger partial charge in [-0.2, -0.15) is 5.10 Å². The van der Waals surface area contributed by atoms with Gasteiger partial charge in [0.05, 0.1) is 5.69 Å². The number of halogens is 1. The van der Waals surface area contributed by atoms with Crippen molar-refractivity contribution in [3.05, 3.63) is 72.1 Å². The minimum atomic E-state index is -0.188. The third-order valence-corrected chi connectivity index (χ3v) is 3.23. The van der Waals surface area contributed by atoms with Crippen LogP contribution in [0, 0.1) is 12.7 Å². The van der Waals surface area contributed by atoms with Gasteiger partial charge in [0.2, 0.25) is 0 Å². The van der Waals surface area contributed by atoms with Crippen LogP contribution in [0.3, 0.4) is 0 Å². The molecule has 1 heterocycles. The third kappa shape index (κ3) is 3.08. The summed E-state index contributed by atoms with van der Waals surface area (Å²) in [6.07, 6.45) is 3.14. The number of nitrogens with one attached hydrogen (secondary N) is 1. The van der Waals surface area contributed by atoms with Crippen LogP contribution >= 0.6 is 0 Å². The molecule has 0 saturated heterocycles. The molecule has 0 aliphatic heterocycles. The molecule has 0 aliphatic carbocycles. The average Bonchev–Trinajstić information content (AvgIpc) is 3.03. The molecule has 0 spiro atoms. The van der Waals surface area contributed by atoms with Crippen LogP contribution in [0.1, 0.15) is 11.1 Å². The van der Waals surface area contributed by atoms with E-state index in [1.165, 1.54) is 12.4 Å². The summed E-state index contributed by atoms with van der Waals surface area (Å²) in [5, 5.41) is 7.28. The predicted octanol–water partition coefficient (Wildman–Crippen LogP) is 3.33. The first kappa shape index (κ1) is 13.3. The van der Waals surface area contributed by atoms with Crippen molar-refractivity contribution in [2.45, 2.75) is 13.5 Å². The van der Waals surface area contributed by atoms with Gasteiger partial charge in [-0.1, -0.05) is 17.7 Å². The Morgan fingerprint density at radius 1 is 1.14 bits per heavy atom. The Morgan fingerprint density at radius 2 is 1.95 bits per heavy atom. The summed E-state index contributed by atoms with van der Waals surface area (Å²) in [6.45, 7) is 2.41. The van der Waals surface area contributed by atoms with Gasteiger partial charge in [-0.25, -0.2) is 14.1 Å². The molecule has 0 aliphatic rings. The lowest BCUT2D eigenvalue weighted by Gasteiger charge is -2.09. The zero-order valence-corrected chi connectivity index (χ0v) is 11.6. The maximum absolute atomic E-state index is 13.7. The van der Waals surface area contributed by atoms with Gasteiger partial charge in [0, 0.05) is 17.8 Å². The zero-order chi connectivity index (χ0) is 14.7. The first-order valence-corrected chi connectivity index (χ1v) is 6.66. The van der Waals surface area contributed by atoms with Crippen LogP contribution in [-0.4, -0.2) is 14.8 Å². The molecule has 5 heteroatoms. The molecule has 3 aromatic rings. The Morgan fingerprint density at radius 3 is 2.67 bits per heavy atom. The second kappa shape index (κ2) is 5.75. The highest BCUT2D eigenvalue weighted by Gasteiger charge is 2.02. The molecule has 3 rings (SSSR count). The normalized spacial score (nSPS) is 10.6. The van der Waals surface area contributed by atoms with Crippen LogP contribution in [0.2, 0.25) is 0 Å². The van der Waals surface area contributed by atoms with Crippen molar-refractivity contribution in [3.8, 4) is 5.69 Å². The van der Waals surface area contributed by atoms with Gasteiger partial charge in [-0.3, -0.25) is 0 Å². The van der Waals surface area contributed by atoms with E-state index in [0.717, 1.165) is 16.9 Å². The summed E-state index contributed by atoms with van der Waals surface area (Å²) in [5.74, 6) is -0.188. The van der Waals surface area contributed by atoms with Gasteiger partial charge in [0.25, 0.3) is 0 Å². The number of hydrogen-bond donors (Lipinski definition) is 1. The lowest BCUT2D eigenvalue weighted by Crippen LogP contribution is -2.02. The fraction of sp³-hybridized carbons (Fsp3) is 0.125. The summed E-state index contributed by atoms with van der Waals surface area (Å²) in [7, 11) is 0. The Kier molecular flexibility index (Phi) is 3.64. The fourth-order valence-electron chi connectivity index (χ4n) is 2.11. The molecule has 106 valence electrons. The molecule has 1 aromatic heterocycles. The molecule has 1 N–H and O–H groups in total. The van der Waals surface area contributed by atoms with Crippen LogP contribution in [-0.2, 0) is 6.54 Å². The molecule has 2 aromatic carbocycles. The second-order valence-corrected chi connectivity index (χ2v) is 4.84. The quantitative estimate of drug-likeness (QED) is 0.798. The molecule has 21 heavy (non-hydrogen) atoms. The SMILES string of the molecule is Cc1ccc(F)c(CNc2ccc(-n3cncn3)cc2)c1. The summed E-state index contributed by atoms with van der Waals surface area (Å²) in [5.41, 5.74) is 3.57. The van der Waals surface area contributed by atoms with Crippen molar-refractivity contribution in [2.75, 3.05) is 5.32 Å². The maximum atomic E-state index is 13.7. The number of benzene rings is 2. The molecule has 0 radical (unpaired) electrons. The lowest BCUT2D eigenvalue weighted by atomic mass is 10.1. The van der Waals surface area contributed by atoms with E-state index in [4.69, 9.17) is 0 Å². The van der Waals surface area contributed by atoms with Gasteiger partial charge in [-0.05, 0) is 37.3 Å². The molecule has 0 atom stereocenters. The number of anilines is 1. The molecule has 4 nitrogen and oxygen atoms in total. The summed E-state index contributed by atoms with van der Waals surface area (Å²) in [4.78, 5) is 3.91. The number of nitrogens with zero attached hydrogens (tertiary/aromatic N) is 3. The van der Waals surface area contributed by atoms with E-state index in [2.05, 4.69) is 15.4 Å². The van der Waals surface area contributed by atoms with Gasteiger partial charge in [0.1, 0.15) is 18.5 Å². The van der Waals surface area contributed by atoms with Crippen molar-refractivity contribution < 1.29 is 4.39 Å². The standard InChI is InChI=1S/C16H15FN4/c1-12-2-7-16(17)13(8-12)9-19-14-3-5-15(6-4-14)21-11-18-10-20-21/h2-8,10-11,19H,9H2,1H3. The largest absolute Gasteiger partial charge is 0.381 e. The van der Waals surface area contributed by atoms with Gasteiger partial charge < -0.3 is 5.32 Å². The predicted molar refractivity (Wildman–Crippen MR) is 79.8 cm³/mol. The summed E-state index contributed by atoms with van der Waals surface area (Å²) in [6, 6.07) is 12.9. The number of hydrogen-bond acceptors (Lipinski definition) is 3. The molecule has 0 amide bonds. The van der Waals surface area contributed by atoms with E-state index >= 15 is 0 Å². The van der Waals surface area contributed by atoms with E-state index in [1.807, 2.05) is 37.3 Å². The van der Waals surface area contributed by atoms with E-state index in [0.29, 0.717) is 12.1 Å². The minimum absolute atomic E-state index is 0.188. The highest BCUT2D eigenvalue weighted by Crippen LogP contribution is 2.15. The highest BCUT2D eigenvalue weighted by molar-refractivity contribution is 5.48. The van der Waals surface area contributed by atoms with Gasteiger partial charge in [-0.15, -0.1) is 0 Å². The van der Waals surface area contributed by atoms with Gasteiger partial charge in [0.15, 0.2) is 0 Å². The van der Waals surface area contributed by atoms with Crippen LogP contribution in [0.15, 0.2) is 55.1 Å². The monoisotopic (exact) mass is 282 g/mol. The van der Waals surface area contributed by atoms with E-state index in [9.17, 15) is 4.39 Å². The Labute approximate surface area is 122 Å². The molecule has 0 unspecified atom stereocenters. The topological polar surface area (TPSA) is 42.7 Å². The smallest absolute Gasteiger partial charge is 0.138 e. The lowest BCUT2D eigenvalue weighted by molar-refractivity contribution is 0.612. The molecule has 0 fully saturated rings. The molecular formula is C16H15FN4. The Balaban J connectivity index is 1.70. The van der Waals surface area contributed by atoms with Crippen molar-refractivity contribution in [1.29, 1.82) is 0 Å². The van der Waals surface area contributed by atoms with Crippen LogP contribution in [0.5, 0.6) is 0 Å². The van der Waals surface area contributed by atoms with E-state index in [-0.39, 0.29) is 5.82 Å². The van der Waals surface area contributed by atoms with Crippen molar-refractivity contribution in [1.82, 2.24) is 14.8 Å². The average molecular weight is 282 g/mol. The highest BCUT2D eigenvalue weighted by atomic mass is 19.1. The van der Waals surface area contributed by atoms with E-state index in [1.54, 1.807) is 17.1 Å². The number of aromatic nitrogens is 3. The molecule has 0 saturated carbocycles. The van der Waals surface area contributed by atoms with Crippen molar-refractivity contribution in [3.63, 3.8) is 0 Å². The second-order valence-electron chi connectivity index (χ2n) is 4.84. The first-order chi connectivity index (χ1) is 10.2. The maximum Gasteiger partial charge on any atom is 0.138 e. The van der Waals surface area contributed by atoms with Crippen molar-refractivity contribution >= 4 is 5.69 Å². The van der Waals surface area contributed by atoms with Crippen molar-refractivity contribution in [2.24, 2.45) is 0 Å². The van der Waals surface area contributed by atoms with E-state index < -0.39 is 0 Å². The third-order valence-electron chi connectivity index (χ3n) is 3.23. The van der Waals surface area contributed by atoms with Gasteiger partial charge >= 0.3 is 0 Å². The van der Waals surface area contributed by atoms with Crippen LogP contribution in [0.4, 0.5) is 10.1 Å². The van der Waals surface area contributed by atoms with Crippen LogP contribution < -0.4 is 5.32 Å². The number of rotatable bonds is 4. The first-order valence-electron chi connectivity index (χ1n) is 6.66. The summed E-state index contributed by atoms with van der Waals surface area (Å²) >= 11 is 0.